The Morgan fingerprint density at radius 3 is 2.95 bits per heavy atom. The van der Waals surface area contributed by atoms with Crippen LogP contribution < -0.4 is 5.73 Å². The Kier molecular flexibility index (Phi) is 3.06. The summed E-state index contributed by atoms with van der Waals surface area (Å²) in [4.78, 5) is 0. The second-order valence-electron chi connectivity index (χ2n) is 5.20. The van der Waals surface area contributed by atoms with Crippen molar-refractivity contribution in [2.75, 3.05) is 6.54 Å². The van der Waals surface area contributed by atoms with Crippen LogP contribution in [0.1, 0.15) is 17.8 Å². The highest BCUT2D eigenvalue weighted by Crippen LogP contribution is 2.26. The number of aryl methyl sites for hydroxylation is 1. The van der Waals surface area contributed by atoms with E-state index in [1.807, 2.05) is 13.0 Å². The van der Waals surface area contributed by atoms with Crippen LogP contribution >= 0.6 is 0 Å². The number of nitrogens with zero attached hydrogens (tertiary/aromatic N) is 3. The molecule has 2 N–H and O–H groups in total. The standard InChI is InChI=1S/C14H17FN4/c1-9-4-11(7-12(15)5-9)14-18-17-13-6-10(8-16)2-3-19(13)14/h4-5,7,10H,2-3,6,8,16H2,1H3. The van der Waals surface area contributed by atoms with Crippen LogP contribution in [0.5, 0.6) is 0 Å². The summed E-state index contributed by atoms with van der Waals surface area (Å²) in [5.74, 6) is 1.97. The first-order valence-electron chi connectivity index (χ1n) is 6.57. The van der Waals surface area contributed by atoms with Gasteiger partial charge in [0, 0.05) is 18.5 Å². The Hall–Kier alpha value is -1.75. The fourth-order valence-corrected chi connectivity index (χ4v) is 2.67. The van der Waals surface area contributed by atoms with Crippen molar-refractivity contribution in [3.8, 4) is 11.4 Å². The lowest BCUT2D eigenvalue weighted by Crippen LogP contribution is -2.25. The predicted octanol–water partition coefficient (Wildman–Crippen LogP) is 1.91. The van der Waals surface area contributed by atoms with Crippen molar-refractivity contribution >= 4 is 0 Å². The van der Waals surface area contributed by atoms with E-state index in [-0.39, 0.29) is 5.82 Å². The molecule has 5 heteroatoms. The summed E-state index contributed by atoms with van der Waals surface area (Å²) >= 11 is 0. The van der Waals surface area contributed by atoms with Gasteiger partial charge in [0.25, 0.3) is 0 Å². The van der Waals surface area contributed by atoms with Gasteiger partial charge < -0.3 is 10.3 Å². The minimum Gasteiger partial charge on any atom is -0.330 e. The summed E-state index contributed by atoms with van der Waals surface area (Å²) in [6.07, 6.45) is 1.89. The predicted molar refractivity (Wildman–Crippen MR) is 71.0 cm³/mol. The average Bonchev–Trinajstić information content (AvgIpc) is 2.80. The summed E-state index contributed by atoms with van der Waals surface area (Å²) in [5.41, 5.74) is 7.40. The van der Waals surface area contributed by atoms with E-state index in [0.29, 0.717) is 12.5 Å². The van der Waals surface area contributed by atoms with E-state index in [1.165, 1.54) is 12.1 Å². The number of halogens is 1. The van der Waals surface area contributed by atoms with E-state index >= 15 is 0 Å². The van der Waals surface area contributed by atoms with Crippen molar-refractivity contribution in [1.82, 2.24) is 14.8 Å². The molecule has 2 heterocycles. The summed E-state index contributed by atoms with van der Waals surface area (Å²) in [7, 11) is 0. The topological polar surface area (TPSA) is 56.7 Å². The maximum absolute atomic E-state index is 13.5. The highest BCUT2D eigenvalue weighted by atomic mass is 19.1. The molecule has 1 aromatic heterocycles. The largest absolute Gasteiger partial charge is 0.330 e. The Bertz CT molecular complexity index is 585. The molecular formula is C14H17FN4. The van der Waals surface area contributed by atoms with Crippen LogP contribution in [0.3, 0.4) is 0 Å². The van der Waals surface area contributed by atoms with Gasteiger partial charge >= 0.3 is 0 Å². The Balaban J connectivity index is 2.01. The van der Waals surface area contributed by atoms with Gasteiger partial charge in [0.2, 0.25) is 0 Å². The molecule has 1 aromatic carbocycles. The van der Waals surface area contributed by atoms with E-state index < -0.39 is 0 Å². The molecule has 0 saturated carbocycles. The molecule has 3 rings (SSSR count). The third-order valence-corrected chi connectivity index (χ3v) is 3.69. The zero-order valence-corrected chi connectivity index (χ0v) is 10.9. The van der Waals surface area contributed by atoms with E-state index in [9.17, 15) is 4.39 Å². The van der Waals surface area contributed by atoms with Crippen LogP contribution in [0.25, 0.3) is 11.4 Å². The number of rotatable bonds is 2. The van der Waals surface area contributed by atoms with Crippen molar-refractivity contribution in [1.29, 1.82) is 0 Å². The number of hydrogen-bond acceptors (Lipinski definition) is 3. The molecule has 4 nitrogen and oxygen atoms in total. The van der Waals surface area contributed by atoms with Crippen LogP contribution in [-0.4, -0.2) is 21.3 Å². The number of fused-ring (bicyclic) bond motifs is 1. The van der Waals surface area contributed by atoms with Gasteiger partial charge in [-0.25, -0.2) is 4.39 Å². The highest BCUT2D eigenvalue weighted by Gasteiger charge is 2.22. The quantitative estimate of drug-likeness (QED) is 0.897. The first-order valence-corrected chi connectivity index (χ1v) is 6.57. The van der Waals surface area contributed by atoms with Gasteiger partial charge in [-0.05, 0) is 49.6 Å². The number of nitrogens with two attached hydrogens (primary N) is 1. The molecule has 2 aromatic rings. The van der Waals surface area contributed by atoms with E-state index in [1.54, 1.807) is 0 Å². The lowest BCUT2D eigenvalue weighted by atomic mass is 9.98. The maximum Gasteiger partial charge on any atom is 0.164 e. The van der Waals surface area contributed by atoms with Crippen LogP contribution in [0.4, 0.5) is 4.39 Å². The summed E-state index contributed by atoms with van der Waals surface area (Å²) < 4.78 is 15.6. The summed E-state index contributed by atoms with van der Waals surface area (Å²) in [5, 5.41) is 8.45. The molecular weight excluding hydrogens is 243 g/mol. The first kappa shape index (κ1) is 12.3. The molecule has 0 spiro atoms. The van der Waals surface area contributed by atoms with Gasteiger partial charge in [0.05, 0.1) is 0 Å². The van der Waals surface area contributed by atoms with E-state index in [4.69, 9.17) is 5.73 Å². The lowest BCUT2D eigenvalue weighted by Gasteiger charge is -2.22. The number of hydrogen-bond donors (Lipinski definition) is 1. The molecule has 0 fully saturated rings. The van der Waals surface area contributed by atoms with Gasteiger partial charge in [-0.3, -0.25) is 0 Å². The lowest BCUT2D eigenvalue weighted by molar-refractivity contribution is 0.391. The molecule has 0 bridgehead atoms. The van der Waals surface area contributed by atoms with E-state index in [2.05, 4.69) is 14.8 Å². The van der Waals surface area contributed by atoms with Gasteiger partial charge in [0.1, 0.15) is 11.6 Å². The fourth-order valence-electron chi connectivity index (χ4n) is 2.67. The number of benzene rings is 1. The van der Waals surface area contributed by atoms with Gasteiger partial charge in [0.15, 0.2) is 5.82 Å². The third kappa shape index (κ3) is 2.26. The van der Waals surface area contributed by atoms with Crippen molar-refractivity contribution in [3.05, 3.63) is 35.4 Å². The molecule has 1 unspecified atom stereocenters. The summed E-state index contributed by atoms with van der Waals surface area (Å²) in [6.45, 7) is 3.42. The zero-order valence-electron chi connectivity index (χ0n) is 10.9. The van der Waals surface area contributed by atoms with Crippen molar-refractivity contribution in [2.24, 2.45) is 11.7 Å². The van der Waals surface area contributed by atoms with Gasteiger partial charge in [-0.1, -0.05) is 0 Å². The number of aromatic nitrogens is 3. The molecule has 1 atom stereocenters. The van der Waals surface area contributed by atoms with Crippen LogP contribution in [0.2, 0.25) is 0 Å². The zero-order chi connectivity index (χ0) is 13.4. The Morgan fingerprint density at radius 1 is 1.37 bits per heavy atom. The Labute approximate surface area is 111 Å². The third-order valence-electron chi connectivity index (χ3n) is 3.69. The molecule has 0 aliphatic carbocycles. The van der Waals surface area contributed by atoms with Crippen molar-refractivity contribution < 1.29 is 4.39 Å². The first-order chi connectivity index (χ1) is 9.17. The molecule has 1 aliphatic heterocycles. The fraction of sp³-hybridized carbons (Fsp3) is 0.429. The minimum atomic E-state index is -0.233. The van der Waals surface area contributed by atoms with E-state index in [0.717, 1.165) is 42.2 Å². The second kappa shape index (κ2) is 4.74. The van der Waals surface area contributed by atoms with Crippen LogP contribution in [0, 0.1) is 18.7 Å². The smallest absolute Gasteiger partial charge is 0.164 e. The summed E-state index contributed by atoms with van der Waals surface area (Å²) in [6, 6.07) is 4.97. The van der Waals surface area contributed by atoms with Crippen molar-refractivity contribution in [2.45, 2.75) is 26.3 Å². The molecule has 1 aliphatic rings. The van der Waals surface area contributed by atoms with Gasteiger partial charge in [-0.15, -0.1) is 10.2 Å². The average molecular weight is 260 g/mol. The SMILES string of the molecule is Cc1cc(F)cc(-c2nnc3n2CCC(CN)C3)c1. The van der Waals surface area contributed by atoms with Gasteiger partial charge in [-0.2, -0.15) is 0 Å². The molecule has 0 saturated heterocycles. The van der Waals surface area contributed by atoms with Crippen LogP contribution in [0.15, 0.2) is 18.2 Å². The Morgan fingerprint density at radius 2 is 2.21 bits per heavy atom. The molecule has 19 heavy (non-hydrogen) atoms. The van der Waals surface area contributed by atoms with Crippen LogP contribution in [-0.2, 0) is 13.0 Å². The molecule has 0 radical (unpaired) electrons. The second-order valence-corrected chi connectivity index (χ2v) is 5.20. The maximum atomic E-state index is 13.5. The highest BCUT2D eigenvalue weighted by molar-refractivity contribution is 5.56. The molecule has 0 amide bonds. The van der Waals surface area contributed by atoms with Crippen molar-refractivity contribution in [3.63, 3.8) is 0 Å². The molecule has 100 valence electrons. The normalized spacial score (nSPS) is 18.4. The minimum absolute atomic E-state index is 0.233. The monoisotopic (exact) mass is 260 g/mol.